The van der Waals surface area contributed by atoms with Crippen molar-refractivity contribution in [3.8, 4) is 0 Å². The number of anilines is 2. The minimum Gasteiger partial charge on any atom is -0.398 e. The molecular formula is C16H17ClN2O. The molecule has 0 aliphatic carbocycles. The van der Waals surface area contributed by atoms with E-state index in [0.29, 0.717) is 16.3 Å². The molecule has 0 saturated carbocycles. The molecule has 0 fully saturated rings. The Kier molecular flexibility index (Phi) is 4.00. The first-order valence-corrected chi connectivity index (χ1v) is 6.71. The molecule has 3 nitrogen and oxygen atoms in total. The Hall–Kier alpha value is -2.00. The van der Waals surface area contributed by atoms with E-state index in [9.17, 15) is 4.79 Å². The van der Waals surface area contributed by atoms with Gasteiger partial charge >= 0.3 is 0 Å². The Morgan fingerprint density at radius 2 is 1.80 bits per heavy atom. The van der Waals surface area contributed by atoms with E-state index in [1.165, 1.54) is 0 Å². The number of benzene rings is 2. The number of aryl methyl sites for hydroxylation is 2. The Balaban J connectivity index is 2.38. The average molecular weight is 289 g/mol. The summed E-state index contributed by atoms with van der Waals surface area (Å²) in [4.78, 5) is 12.4. The van der Waals surface area contributed by atoms with E-state index in [4.69, 9.17) is 17.3 Å². The van der Waals surface area contributed by atoms with Gasteiger partial charge in [-0.3, -0.25) is 4.79 Å². The van der Waals surface area contributed by atoms with Gasteiger partial charge in [0.25, 0.3) is 5.91 Å². The molecule has 0 heterocycles. The van der Waals surface area contributed by atoms with Crippen LogP contribution in [0.5, 0.6) is 0 Å². The Labute approximate surface area is 123 Å². The number of nitrogens with one attached hydrogen (secondary N) is 1. The van der Waals surface area contributed by atoms with Crippen LogP contribution in [0.2, 0.25) is 5.02 Å². The van der Waals surface area contributed by atoms with Crippen LogP contribution in [0.1, 0.15) is 27.0 Å². The molecule has 20 heavy (non-hydrogen) atoms. The highest BCUT2D eigenvalue weighted by molar-refractivity contribution is 6.35. The molecule has 2 aromatic rings. The van der Waals surface area contributed by atoms with E-state index in [2.05, 4.69) is 5.32 Å². The third kappa shape index (κ3) is 2.63. The van der Waals surface area contributed by atoms with Gasteiger partial charge in [-0.15, -0.1) is 0 Å². The van der Waals surface area contributed by atoms with E-state index in [1.54, 1.807) is 6.07 Å². The number of halogens is 1. The maximum absolute atomic E-state index is 12.4. The van der Waals surface area contributed by atoms with Crippen LogP contribution in [0.3, 0.4) is 0 Å². The molecule has 104 valence electrons. The highest BCUT2D eigenvalue weighted by atomic mass is 35.5. The minimum absolute atomic E-state index is 0.226. The zero-order valence-corrected chi connectivity index (χ0v) is 12.5. The summed E-state index contributed by atoms with van der Waals surface area (Å²) in [6.07, 6.45) is 0. The molecule has 4 heteroatoms. The van der Waals surface area contributed by atoms with Crippen molar-refractivity contribution >= 4 is 28.9 Å². The molecule has 0 spiro atoms. The van der Waals surface area contributed by atoms with Crippen molar-refractivity contribution < 1.29 is 4.79 Å². The topological polar surface area (TPSA) is 55.1 Å². The number of rotatable bonds is 2. The van der Waals surface area contributed by atoms with Crippen LogP contribution in [-0.4, -0.2) is 5.91 Å². The van der Waals surface area contributed by atoms with Crippen LogP contribution in [0, 0.1) is 20.8 Å². The first-order chi connectivity index (χ1) is 9.41. The van der Waals surface area contributed by atoms with E-state index in [1.807, 2.05) is 45.0 Å². The lowest BCUT2D eigenvalue weighted by Gasteiger charge is -2.14. The second-order valence-corrected chi connectivity index (χ2v) is 5.24. The lowest BCUT2D eigenvalue weighted by molar-refractivity contribution is 0.102. The Bertz CT molecular complexity index is 680. The van der Waals surface area contributed by atoms with Gasteiger partial charge in [-0.2, -0.15) is 0 Å². The van der Waals surface area contributed by atoms with Gasteiger partial charge in [0.05, 0.1) is 10.6 Å². The van der Waals surface area contributed by atoms with Crippen molar-refractivity contribution in [3.63, 3.8) is 0 Å². The molecule has 0 atom stereocenters. The Morgan fingerprint density at radius 1 is 1.10 bits per heavy atom. The summed E-state index contributed by atoms with van der Waals surface area (Å²) < 4.78 is 0. The van der Waals surface area contributed by atoms with Gasteiger partial charge in [0.2, 0.25) is 0 Å². The summed E-state index contributed by atoms with van der Waals surface area (Å²) in [5.41, 5.74) is 10.4. The number of nitrogens with two attached hydrogens (primary N) is 1. The number of carbonyl (C=O) groups is 1. The summed E-state index contributed by atoms with van der Waals surface area (Å²) in [5.74, 6) is -0.226. The molecule has 0 radical (unpaired) electrons. The highest BCUT2D eigenvalue weighted by Gasteiger charge is 2.14. The number of amides is 1. The van der Waals surface area contributed by atoms with Gasteiger partial charge in [-0.25, -0.2) is 0 Å². The SMILES string of the molecule is Cc1cccc(C(=O)Nc2c(C)ccc(N)c2C)c1Cl. The molecule has 1 amide bonds. The van der Waals surface area contributed by atoms with Gasteiger partial charge in [0.1, 0.15) is 0 Å². The predicted octanol–water partition coefficient (Wildman–Crippen LogP) is 4.10. The molecule has 2 rings (SSSR count). The normalized spacial score (nSPS) is 10.4. The predicted molar refractivity (Wildman–Crippen MR) is 84.5 cm³/mol. The van der Waals surface area contributed by atoms with Crippen molar-refractivity contribution in [1.29, 1.82) is 0 Å². The van der Waals surface area contributed by atoms with Crippen LogP contribution >= 0.6 is 11.6 Å². The fraction of sp³-hybridized carbons (Fsp3) is 0.188. The van der Waals surface area contributed by atoms with Crippen LogP contribution in [-0.2, 0) is 0 Å². The van der Waals surface area contributed by atoms with Crippen LogP contribution in [0.15, 0.2) is 30.3 Å². The lowest BCUT2D eigenvalue weighted by Crippen LogP contribution is -2.15. The van der Waals surface area contributed by atoms with Crippen molar-refractivity contribution in [2.75, 3.05) is 11.1 Å². The molecule has 0 bridgehead atoms. The van der Waals surface area contributed by atoms with Crippen LogP contribution in [0.25, 0.3) is 0 Å². The maximum atomic E-state index is 12.4. The fourth-order valence-electron chi connectivity index (χ4n) is 2.06. The summed E-state index contributed by atoms with van der Waals surface area (Å²) >= 11 is 6.18. The second kappa shape index (κ2) is 5.55. The zero-order chi connectivity index (χ0) is 14.9. The quantitative estimate of drug-likeness (QED) is 0.818. The summed E-state index contributed by atoms with van der Waals surface area (Å²) in [6, 6.07) is 9.11. The molecular weight excluding hydrogens is 272 g/mol. The summed E-state index contributed by atoms with van der Waals surface area (Å²) in [6.45, 7) is 5.69. The molecule has 0 saturated heterocycles. The van der Waals surface area contributed by atoms with Gasteiger partial charge in [0.15, 0.2) is 0 Å². The van der Waals surface area contributed by atoms with Crippen molar-refractivity contribution in [3.05, 3.63) is 57.6 Å². The first-order valence-electron chi connectivity index (χ1n) is 6.34. The summed E-state index contributed by atoms with van der Waals surface area (Å²) in [5, 5.41) is 3.38. The molecule has 0 aliphatic heterocycles. The van der Waals surface area contributed by atoms with E-state index >= 15 is 0 Å². The Morgan fingerprint density at radius 3 is 2.50 bits per heavy atom. The summed E-state index contributed by atoms with van der Waals surface area (Å²) in [7, 11) is 0. The molecule has 0 unspecified atom stereocenters. The minimum atomic E-state index is -0.226. The van der Waals surface area contributed by atoms with E-state index < -0.39 is 0 Å². The standard InChI is InChI=1S/C16H17ClN2O/c1-9-5-4-6-12(14(9)17)16(20)19-15-10(2)7-8-13(18)11(15)3/h4-8H,18H2,1-3H3,(H,19,20). The van der Waals surface area contributed by atoms with E-state index in [-0.39, 0.29) is 5.91 Å². The van der Waals surface area contributed by atoms with Crippen LogP contribution < -0.4 is 11.1 Å². The number of carbonyl (C=O) groups excluding carboxylic acids is 1. The largest absolute Gasteiger partial charge is 0.398 e. The van der Waals surface area contributed by atoms with E-state index in [0.717, 1.165) is 22.4 Å². The van der Waals surface area contributed by atoms with Gasteiger partial charge in [-0.1, -0.05) is 29.8 Å². The molecule has 2 aromatic carbocycles. The maximum Gasteiger partial charge on any atom is 0.257 e. The van der Waals surface area contributed by atoms with Crippen molar-refractivity contribution in [2.45, 2.75) is 20.8 Å². The van der Waals surface area contributed by atoms with Crippen molar-refractivity contribution in [2.24, 2.45) is 0 Å². The first kappa shape index (κ1) is 14.4. The average Bonchev–Trinajstić information content (AvgIpc) is 2.42. The van der Waals surface area contributed by atoms with Crippen LogP contribution in [0.4, 0.5) is 11.4 Å². The molecule has 0 aliphatic rings. The third-order valence-corrected chi connectivity index (χ3v) is 3.89. The van der Waals surface area contributed by atoms with Gasteiger partial charge in [0, 0.05) is 11.4 Å². The zero-order valence-electron chi connectivity index (χ0n) is 11.8. The number of nitrogen functional groups attached to an aromatic ring is 1. The van der Waals surface area contributed by atoms with Crippen molar-refractivity contribution in [1.82, 2.24) is 0 Å². The van der Waals surface area contributed by atoms with Gasteiger partial charge < -0.3 is 11.1 Å². The number of hydrogen-bond acceptors (Lipinski definition) is 2. The van der Waals surface area contributed by atoms with Gasteiger partial charge in [-0.05, 0) is 49.6 Å². The highest BCUT2D eigenvalue weighted by Crippen LogP contribution is 2.27. The lowest BCUT2D eigenvalue weighted by atomic mass is 10.1. The number of hydrogen-bond donors (Lipinski definition) is 2. The molecule has 0 aromatic heterocycles. The fourth-order valence-corrected chi connectivity index (χ4v) is 2.27. The second-order valence-electron chi connectivity index (χ2n) is 4.86. The smallest absolute Gasteiger partial charge is 0.257 e. The third-order valence-electron chi connectivity index (χ3n) is 3.39. The monoisotopic (exact) mass is 288 g/mol. The molecule has 3 N–H and O–H groups in total.